The van der Waals surface area contributed by atoms with Crippen LogP contribution in [-0.2, 0) is 36.5 Å². The van der Waals surface area contributed by atoms with E-state index in [4.69, 9.17) is 0 Å². The molecule has 0 heterocycles. The second-order valence-electron chi connectivity index (χ2n) is 6.95. The summed E-state index contributed by atoms with van der Waals surface area (Å²) in [6, 6.07) is 21.3. The van der Waals surface area contributed by atoms with Gasteiger partial charge >= 0.3 is 0 Å². The number of hydrogen-bond donors (Lipinski definition) is 0. The van der Waals surface area contributed by atoms with Crippen molar-refractivity contribution in [2.75, 3.05) is 0 Å². The molecule has 0 N–H and O–H groups in total. The Morgan fingerprint density at radius 2 is 1.38 bits per heavy atom. The van der Waals surface area contributed by atoms with Crippen molar-refractivity contribution in [1.82, 2.24) is 0 Å². The van der Waals surface area contributed by atoms with Crippen molar-refractivity contribution in [2.24, 2.45) is 0 Å². The lowest BCUT2D eigenvalue weighted by Gasteiger charge is -2.15. The first-order valence-corrected chi connectivity index (χ1v) is 10.9. The highest BCUT2D eigenvalue weighted by atomic mass is 79.9. The van der Waals surface area contributed by atoms with Crippen molar-refractivity contribution in [3.05, 3.63) is 93.0 Å². The van der Waals surface area contributed by atoms with Crippen LogP contribution >= 0.6 is 15.9 Å². The van der Waals surface area contributed by atoms with Gasteiger partial charge in [-0.25, -0.2) is 4.21 Å². The van der Waals surface area contributed by atoms with Crippen molar-refractivity contribution >= 4 is 26.7 Å². The molecular formula is C23H21BrOS. The minimum absolute atomic E-state index is 0.882. The summed E-state index contributed by atoms with van der Waals surface area (Å²) in [5.41, 5.74) is 6.28. The van der Waals surface area contributed by atoms with Gasteiger partial charge < -0.3 is 0 Å². The normalized spacial score (nSPS) is 14.7. The minimum atomic E-state index is -1.14. The predicted octanol–water partition coefficient (Wildman–Crippen LogP) is 5.81. The molecule has 3 aromatic rings. The Morgan fingerprint density at radius 1 is 0.769 bits per heavy atom. The minimum Gasteiger partial charge on any atom is -0.249 e. The second-order valence-corrected chi connectivity index (χ2v) is 9.25. The number of aryl methyl sites for hydroxylation is 5. The smallest absolute Gasteiger partial charge is 0.0852 e. The fourth-order valence-electron chi connectivity index (χ4n) is 3.43. The molecule has 0 saturated heterocycles. The van der Waals surface area contributed by atoms with Gasteiger partial charge in [0.2, 0.25) is 0 Å². The van der Waals surface area contributed by atoms with Crippen LogP contribution in [0.4, 0.5) is 0 Å². The molecule has 1 nitrogen and oxygen atoms in total. The molecule has 7 rings (SSSR count). The Morgan fingerprint density at radius 3 is 2.08 bits per heavy atom. The van der Waals surface area contributed by atoms with Gasteiger partial charge in [0.1, 0.15) is 0 Å². The van der Waals surface area contributed by atoms with Crippen LogP contribution < -0.4 is 0 Å². The monoisotopic (exact) mass is 424 g/mol. The molecule has 0 spiro atoms. The van der Waals surface area contributed by atoms with E-state index < -0.39 is 10.8 Å². The molecule has 0 aromatic heterocycles. The Hall–Kier alpha value is -1.71. The topological polar surface area (TPSA) is 17.1 Å². The maximum absolute atomic E-state index is 13.3. The maximum atomic E-state index is 13.3. The van der Waals surface area contributed by atoms with Gasteiger partial charge in [0.25, 0.3) is 0 Å². The van der Waals surface area contributed by atoms with Gasteiger partial charge in [-0.15, -0.1) is 0 Å². The number of benzene rings is 3. The third-order valence-electron chi connectivity index (χ3n) is 5.05. The zero-order valence-electron chi connectivity index (χ0n) is 14.8. The highest BCUT2D eigenvalue weighted by molar-refractivity contribution is 9.10. The van der Waals surface area contributed by atoms with E-state index in [0.717, 1.165) is 35.5 Å². The summed E-state index contributed by atoms with van der Waals surface area (Å²) in [7, 11) is -1.14. The van der Waals surface area contributed by atoms with Gasteiger partial charge in [-0.3, -0.25) is 0 Å². The van der Waals surface area contributed by atoms with Crippen LogP contribution in [0, 0.1) is 6.92 Å². The fourth-order valence-corrected chi connectivity index (χ4v) is 5.36. The SMILES string of the molecule is Cc1ccc(S(=O)c2cc3ccc2CCc2ccc(c(Br)c2)CC3)cc1. The van der Waals surface area contributed by atoms with Crippen molar-refractivity contribution in [3.8, 4) is 0 Å². The molecule has 3 aromatic carbocycles. The predicted molar refractivity (Wildman–Crippen MR) is 111 cm³/mol. The molecule has 0 fully saturated rings. The largest absolute Gasteiger partial charge is 0.249 e. The second kappa shape index (κ2) is 7.50. The quantitative estimate of drug-likeness (QED) is 0.507. The van der Waals surface area contributed by atoms with E-state index in [-0.39, 0.29) is 0 Å². The van der Waals surface area contributed by atoms with Gasteiger partial charge in [0.15, 0.2) is 0 Å². The summed E-state index contributed by atoms with van der Waals surface area (Å²) >= 11 is 3.71. The molecule has 0 radical (unpaired) electrons. The molecule has 0 amide bonds. The van der Waals surface area contributed by atoms with Crippen molar-refractivity contribution in [1.29, 1.82) is 0 Å². The average molecular weight is 425 g/mol. The van der Waals surface area contributed by atoms with Crippen molar-refractivity contribution in [3.63, 3.8) is 0 Å². The molecular weight excluding hydrogens is 404 g/mol. The van der Waals surface area contributed by atoms with E-state index in [1.54, 1.807) is 0 Å². The Labute approximate surface area is 166 Å². The molecule has 3 heteroatoms. The van der Waals surface area contributed by atoms with Crippen LogP contribution in [0.1, 0.15) is 27.8 Å². The van der Waals surface area contributed by atoms with Gasteiger partial charge in [0, 0.05) is 14.3 Å². The molecule has 132 valence electrons. The zero-order chi connectivity index (χ0) is 18.1. The van der Waals surface area contributed by atoms with Crippen LogP contribution in [0.3, 0.4) is 0 Å². The maximum Gasteiger partial charge on any atom is 0.0852 e. The summed E-state index contributed by atoms with van der Waals surface area (Å²) in [6.07, 6.45) is 3.79. The van der Waals surface area contributed by atoms with E-state index in [2.05, 4.69) is 59.3 Å². The number of rotatable bonds is 2. The average Bonchev–Trinajstić information content (AvgIpc) is 2.64. The van der Waals surface area contributed by atoms with E-state index in [9.17, 15) is 4.21 Å². The van der Waals surface area contributed by atoms with Crippen LogP contribution in [-0.4, -0.2) is 4.21 Å². The van der Waals surface area contributed by atoms with Crippen molar-refractivity contribution < 1.29 is 4.21 Å². The number of hydrogen-bond acceptors (Lipinski definition) is 1. The van der Waals surface area contributed by atoms with E-state index >= 15 is 0 Å². The highest BCUT2D eigenvalue weighted by Crippen LogP contribution is 2.27. The standard InChI is InChI=1S/C23H21BrOS/c1-16-2-12-21(13-3-16)26(25)23-15-18-5-9-19-8-4-17(14-22(19)24)6-10-20(23)11-7-18/h2-4,7-8,11-15H,5-6,9-10H2,1H3. The van der Waals surface area contributed by atoms with Gasteiger partial charge in [-0.2, -0.15) is 0 Å². The molecule has 4 aliphatic rings. The molecule has 0 aliphatic heterocycles. The summed E-state index contributed by atoms with van der Waals surface area (Å²) in [4.78, 5) is 1.85. The summed E-state index contributed by atoms with van der Waals surface area (Å²) in [6.45, 7) is 2.06. The Kier molecular flexibility index (Phi) is 5.10. The Bertz CT molecular complexity index is 976. The molecule has 0 saturated carbocycles. The first kappa shape index (κ1) is 17.7. The zero-order valence-corrected chi connectivity index (χ0v) is 17.2. The van der Waals surface area contributed by atoms with E-state index in [1.807, 2.05) is 24.3 Å². The van der Waals surface area contributed by atoms with Gasteiger partial charge in [0.05, 0.1) is 10.8 Å². The third kappa shape index (κ3) is 3.70. The summed E-state index contributed by atoms with van der Waals surface area (Å²) in [5, 5.41) is 0. The number of halogens is 1. The highest BCUT2D eigenvalue weighted by Gasteiger charge is 2.15. The molecule has 4 aliphatic carbocycles. The Balaban J connectivity index is 1.74. The lowest BCUT2D eigenvalue weighted by molar-refractivity contribution is 0.681. The first-order valence-electron chi connectivity index (χ1n) is 8.98. The van der Waals surface area contributed by atoms with Crippen LogP contribution in [0.2, 0.25) is 0 Å². The molecule has 1 atom stereocenters. The summed E-state index contributed by atoms with van der Waals surface area (Å²) < 4.78 is 14.5. The molecule has 26 heavy (non-hydrogen) atoms. The lowest BCUT2D eigenvalue weighted by Crippen LogP contribution is -2.04. The third-order valence-corrected chi connectivity index (χ3v) is 7.27. The van der Waals surface area contributed by atoms with Crippen LogP contribution in [0.15, 0.2) is 74.9 Å². The van der Waals surface area contributed by atoms with E-state index in [1.165, 1.54) is 32.3 Å². The van der Waals surface area contributed by atoms with Gasteiger partial charge in [-0.05, 0) is 79.1 Å². The van der Waals surface area contributed by atoms with Crippen molar-refractivity contribution in [2.45, 2.75) is 42.4 Å². The van der Waals surface area contributed by atoms with Crippen LogP contribution in [0.25, 0.3) is 0 Å². The van der Waals surface area contributed by atoms with E-state index in [0.29, 0.717) is 0 Å². The summed E-state index contributed by atoms with van der Waals surface area (Å²) in [5.74, 6) is 0. The molecule has 1 unspecified atom stereocenters. The fraction of sp³-hybridized carbons (Fsp3) is 0.217. The van der Waals surface area contributed by atoms with Crippen LogP contribution in [0.5, 0.6) is 0 Å². The molecule has 4 bridgehead atoms. The van der Waals surface area contributed by atoms with Gasteiger partial charge in [-0.1, -0.05) is 57.9 Å². The lowest BCUT2D eigenvalue weighted by atomic mass is 9.97. The first-order chi connectivity index (χ1) is 12.6.